The van der Waals surface area contributed by atoms with Crippen LogP contribution in [0.25, 0.3) is 5.78 Å². The number of carbonyl (C=O) groups excluding carboxylic acids is 1. The van der Waals surface area contributed by atoms with E-state index in [9.17, 15) is 22.4 Å². The zero-order valence-corrected chi connectivity index (χ0v) is 17.9. The molecule has 4 rings (SSSR count). The summed E-state index contributed by atoms with van der Waals surface area (Å²) in [6.07, 6.45) is -0.873. The van der Waals surface area contributed by atoms with Crippen molar-refractivity contribution in [2.24, 2.45) is 17.6 Å². The van der Waals surface area contributed by atoms with Crippen LogP contribution in [0.2, 0.25) is 0 Å². The van der Waals surface area contributed by atoms with Crippen molar-refractivity contribution >= 4 is 11.7 Å². The highest BCUT2D eigenvalue weighted by Crippen LogP contribution is 2.34. The third kappa shape index (κ3) is 4.97. The van der Waals surface area contributed by atoms with E-state index in [0.717, 1.165) is 5.56 Å². The average Bonchev–Trinajstić information content (AvgIpc) is 3.20. The van der Waals surface area contributed by atoms with Crippen LogP contribution in [0.3, 0.4) is 0 Å². The standard InChI is InChI=1S/C22H24F4N6O/c1-2-17(12-3-5-15(23)6-4-12)19(27)18-11-32-21(30-18)29-10-16(31-32)8-13-7-14(22(24,25)26)9-28-20(13)33/h3-6,10-11,13-14,17,19H,2,7-9,27H2,1H3,(H,28,33)/t13-,14-,17+,19+/m1/s1. The maximum Gasteiger partial charge on any atom is 0.393 e. The number of benzene rings is 1. The second-order valence-corrected chi connectivity index (χ2v) is 8.37. The number of piperidine rings is 1. The molecule has 1 aliphatic rings. The van der Waals surface area contributed by atoms with Crippen LogP contribution in [0.4, 0.5) is 17.6 Å². The lowest BCUT2D eigenvalue weighted by atomic mass is 9.86. The van der Waals surface area contributed by atoms with Crippen LogP contribution < -0.4 is 11.1 Å². The van der Waals surface area contributed by atoms with Crippen LogP contribution >= 0.6 is 0 Å². The molecule has 3 N–H and O–H groups in total. The van der Waals surface area contributed by atoms with E-state index in [1.54, 1.807) is 18.3 Å². The van der Waals surface area contributed by atoms with Crippen LogP contribution in [-0.2, 0) is 11.2 Å². The molecular weight excluding hydrogens is 440 g/mol. The monoisotopic (exact) mass is 464 g/mol. The summed E-state index contributed by atoms with van der Waals surface area (Å²) in [4.78, 5) is 20.8. The fraction of sp³-hybridized carbons (Fsp3) is 0.455. The Morgan fingerprint density at radius 1 is 1.27 bits per heavy atom. The van der Waals surface area contributed by atoms with E-state index >= 15 is 0 Å². The molecule has 0 spiro atoms. The Labute approximate surface area is 187 Å². The Balaban J connectivity index is 1.53. The van der Waals surface area contributed by atoms with E-state index in [4.69, 9.17) is 5.73 Å². The second kappa shape index (κ2) is 9.05. The maximum absolute atomic E-state index is 13.3. The van der Waals surface area contributed by atoms with E-state index in [1.807, 2.05) is 6.92 Å². The van der Waals surface area contributed by atoms with Crippen molar-refractivity contribution in [1.29, 1.82) is 0 Å². The molecule has 0 bridgehead atoms. The fourth-order valence-corrected chi connectivity index (χ4v) is 4.28. The quantitative estimate of drug-likeness (QED) is 0.546. The van der Waals surface area contributed by atoms with Gasteiger partial charge in [0.15, 0.2) is 0 Å². The Bertz CT molecular complexity index is 1130. The minimum Gasteiger partial charge on any atom is -0.355 e. The van der Waals surface area contributed by atoms with Gasteiger partial charge in [0.05, 0.1) is 35.7 Å². The number of hydrogen-bond donors (Lipinski definition) is 2. The smallest absolute Gasteiger partial charge is 0.355 e. The molecule has 1 saturated heterocycles. The molecular formula is C22H24F4N6O. The van der Waals surface area contributed by atoms with Crippen molar-refractivity contribution in [3.63, 3.8) is 0 Å². The number of imidazole rings is 1. The first-order chi connectivity index (χ1) is 15.7. The Hall–Kier alpha value is -3.08. The van der Waals surface area contributed by atoms with Gasteiger partial charge in [-0.1, -0.05) is 19.1 Å². The average molecular weight is 464 g/mol. The largest absolute Gasteiger partial charge is 0.393 e. The molecule has 1 aromatic carbocycles. The highest BCUT2D eigenvalue weighted by molar-refractivity contribution is 5.79. The fourth-order valence-electron chi connectivity index (χ4n) is 4.28. The number of nitrogens with one attached hydrogen (secondary N) is 1. The molecule has 1 aliphatic heterocycles. The Morgan fingerprint density at radius 3 is 2.67 bits per heavy atom. The number of carbonyl (C=O) groups is 1. The van der Waals surface area contributed by atoms with Gasteiger partial charge in [-0.2, -0.15) is 18.3 Å². The van der Waals surface area contributed by atoms with Gasteiger partial charge in [0.25, 0.3) is 5.78 Å². The van der Waals surface area contributed by atoms with Crippen molar-refractivity contribution in [2.45, 2.75) is 44.3 Å². The molecule has 0 aliphatic carbocycles. The molecule has 1 fully saturated rings. The number of aromatic nitrogens is 4. The number of nitrogens with two attached hydrogens (primary N) is 1. The van der Waals surface area contributed by atoms with Gasteiger partial charge in [0.2, 0.25) is 5.91 Å². The third-order valence-electron chi connectivity index (χ3n) is 6.15. The first kappa shape index (κ1) is 23.1. The van der Waals surface area contributed by atoms with Gasteiger partial charge < -0.3 is 11.1 Å². The zero-order chi connectivity index (χ0) is 23.8. The minimum absolute atomic E-state index is 0.0358. The second-order valence-electron chi connectivity index (χ2n) is 8.37. The van der Waals surface area contributed by atoms with Crippen LogP contribution in [0.5, 0.6) is 0 Å². The van der Waals surface area contributed by atoms with Crippen molar-refractivity contribution < 1.29 is 22.4 Å². The van der Waals surface area contributed by atoms with E-state index in [1.165, 1.54) is 22.8 Å². The number of halogens is 4. The summed E-state index contributed by atoms with van der Waals surface area (Å²) in [6, 6.07) is 5.65. The molecule has 176 valence electrons. The van der Waals surface area contributed by atoms with Crippen LogP contribution in [0, 0.1) is 17.7 Å². The molecule has 0 unspecified atom stereocenters. The molecule has 0 saturated carbocycles. The van der Waals surface area contributed by atoms with Crippen molar-refractivity contribution in [2.75, 3.05) is 6.54 Å². The van der Waals surface area contributed by atoms with Gasteiger partial charge >= 0.3 is 6.18 Å². The SMILES string of the molecule is CC[C@@H](c1ccc(F)cc1)[C@H](N)c1cn2nc(C[C@H]3C[C@@H](C(F)(F)F)CNC3=O)cnc2n1. The van der Waals surface area contributed by atoms with Crippen LogP contribution in [0.1, 0.15) is 48.7 Å². The van der Waals surface area contributed by atoms with E-state index in [0.29, 0.717) is 23.6 Å². The number of alkyl halides is 3. The van der Waals surface area contributed by atoms with Crippen LogP contribution in [0.15, 0.2) is 36.7 Å². The van der Waals surface area contributed by atoms with Gasteiger partial charge in [-0.15, -0.1) is 0 Å². The van der Waals surface area contributed by atoms with E-state index in [2.05, 4.69) is 20.4 Å². The lowest BCUT2D eigenvalue weighted by molar-refractivity contribution is -0.183. The summed E-state index contributed by atoms with van der Waals surface area (Å²) in [6.45, 7) is 1.57. The summed E-state index contributed by atoms with van der Waals surface area (Å²) in [5, 5.41) is 6.73. The van der Waals surface area contributed by atoms with Gasteiger partial charge in [0, 0.05) is 24.8 Å². The molecule has 3 heterocycles. The van der Waals surface area contributed by atoms with Crippen molar-refractivity contribution in [3.8, 4) is 0 Å². The normalized spacial score (nSPS) is 21.1. The number of hydrogen-bond acceptors (Lipinski definition) is 5. The van der Waals surface area contributed by atoms with Crippen molar-refractivity contribution in [1.82, 2.24) is 24.9 Å². The number of amides is 1. The van der Waals surface area contributed by atoms with E-state index < -0.39 is 36.5 Å². The zero-order valence-electron chi connectivity index (χ0n) is 17.9. The van der Waals surface area contributed by atoms with Gasteiger partial charge in [-0.25, -0.2) is 18.9 Å². The number of fused-ring (bicyclic) bond motifs is 1. The predicted molar refractivity (Wildman–Crippen MR) is 112 cm³/mol. The molecule has 4 atom stereocenters. The van der Waals surface area contributed by atoms with Gasteiger partial charge in [-0.3, -0.25) is 4.79 Å². The first-order valence-electron chi connectivity index (χ1n) is 10.7. The topological polar surface area (TPSA) is 98.2 Å². The minimum atomic E-state index is -4.36. The van der Waals surface area contributed by atoms with E-state index in [-0.39, 0.29) is 24.6 Å². The highest BCUT2D eigenvalue weighted by atomic mass is 19.4. The molecule has 3 aromatic rings. The summed E-state index contributed by atoms with van der Waals surface area (Å²) in [7, 11) is 0. The molecule has 33 heavy (non-hydrogen) atoms. The number of nitrogens with zero attached hydrogens (tertiary/aromatic N) is 4. The lowest BCUT2D eigenvalue weighted by Crippen LogP contribution is -2.47. The highest BCUT2D eigenvalue weighted by Gasteiger charge is 2.44. The predicted octanol–water partition coefficient (Wildman–Crippen LogP) is 3.31. The molecule has 1 amide bonds. The van der Waals surface area contributed by atoms with Crippen LogP contribution in [-0.4, -0.2) is 38.2 Å². The summed E-state index contributed by atoms with van der Waals surface area (Å²) < 4.78 is 53.9. The van der Waals surface area contributed by atoms with Gasteiger partial charge in [0.1, 0.15) is 5.82 Å². The molecule has 0 radical (unpaired) electrons. The molecule has 11 heteroatoms. The lowest BCUT2D eigenvalue weighted by Gasteiger charge is -2.30. The van der Waals surface area contributed by atoms with Crippen molar-refractivity contribution in [3.05, 3.63) is 59.4 Å². The summed E-state index contributed by atoms with van der Waals surface area (Å²) in [5.74, 6) is -2.99. The summed E-state index contributed by atoms with van der Waals surface area (Å²) >= 11 is 0. The number of rotatable bonds is 6. The Kier molecular flexibility index (Phi) is 6.33. The third-order valence-corrected chi connectivity index (χ3v) is 6.15. The first-order valence-corrected chi connectivity index (χ1v) is 10.7. The molecule has 7 nitrogen and oxygen atoms in total. The Morgan fingerprint density at radius 2 is 2.00 bits per heavy atom. The van der Waals surface area contributed by atoms with Gasteiger partial charge in [-0.05, 0) is 30.5 Å². The molecule has 2 aromatic heterocycles. The maximum atomic E-state index is 13.3. The summed E-state index contributed by atoms with van der Waals surface area (Å²) in [5.41, 5.74) is 8.26.